The molecule has 0 aromatic heterocycles. The average Bonchev–Trinajstić information content (AvgIpc) is 2.71. The minimum absolute atomic E-state index is 0.100. The van der Waals surface area contributed by atoms with Crippen LogP contribution in [0.1, 0.15) is 23.1 Å². The van der Waals surface area contributed by atoms with Crippen LogP contribution in [0, 0.1) is 18.3 Å². The number of amides is 1. The van der Waals surface area contributed by atoms with Crippen molar-refractivity contribution in [2.45, 2.75) is 19.5 Å². The lowest BCUT2D eigenvalue weighted by molar-refractivity contribution is -0.142. The predicted molar refractivity (Wildman–Crippen MR) is 105 cm³/mol. The van der Waals surface area contributed by atoms with Crippen molar-refractivity contribution in [2.75, 3.05) is 18.1 Å². The molecule has 0 radical (unpaired) electrons. The van der Waals surface area contributed by atoms with E-state index in [4.69, 9.17) is 10.00 Å². The number of esters is 1. The first-order valence-electron chi connectivity index (χ1n) is 8.97. The van der Waals surface area contributed by atoms with E-state index in [9.17, 15) is 22.8 Å². The lowest BCUT2D eigenvalue weighted by Gasteiger charge is -2.21. The maximum Gasteiger partial charge on any atom is 0.416 e. The van der Waals surface area contributed by atoms with Gasteiger partial charge in [-0.1, -0.05) is 29.8 Å². The van der Waals surface area contributed by atoms with Gasteiger partial charge in [0.15, 0.2) is 6.61 Å². The Labute approximate surface area is 172 Å². The number of hydrogen-bond donors (Lipinski definition) is 0. The van der Waals surface area contributed by atoms with Crippen molar-refractivity contribution in [2.24, 2.45) is 0 Å². The molecule has 0 spiro atoms. The van der Waals surface area contributed by atoms with Gasteiger partial charge in [-0.2, -0.15) is 18.4 Å². The first-order chi connectivity index (χ1) is 14.2. The highest BCUT2D eigenvalue weighted by Gasteiger charge is 2.30. The van der Waals surface area contributed by atoms with Gasteiger partial charge in [-0.05, 0) is 42.8 Å². The number of aryl methyl sites for hydroxylation is 1. The molecular weight excluding hydrogens is 397 g/mol. The van der Waals surface area contributed by atoms with Gasteiger partial charge in [0.05, 0.1) is 18.1 Å². The summed E-state index contributed by atoms with van der Waals surface area (Å²) < 4.78 is 43.1. The van der Waals surface area contributed by atoms with Crippen molar-refractivity contribution in [1.82, 2.24) is 0 Å². The second kappa shape index (κ2) is 10.3. The normalized spacial score (nSPS) is 11.2. The molecule has 0 heterocycles. The third-order valence-electron chi connectivity index (χ3n) is 4.06. The maximum absolute atomic E-state index is 12.7. The molecule has 8 heteroatoms. The van der Waals surface area contributed by atoms with Crippen LogP contribution < -0.4 is 4.90 Å². The topological polar surface area (TPSA) is 70.4 Å². The average molecular weight is 416 g/mol. The minimum atomic E-state index is -4.49. The third-order valence-corrected chi connectivity index (χ3v) is 4.06. The van der Waals surface area contributed by atoms with Gasteiger partial charge in [-0.3, -0.25) is 4.79 Å². The second-order valence-corrected chi connectivity index (χ2v) is 6.35. The Balaban J connectivity index is 1.99. The van der Waals surface area contributed by atoms with Crippen LogP contribution in [0.2, 0.25) is 0 Å². The minimum Gasteiger partial charge on any atom is -0.452 e. The highest BCUT2D eigenvalue weighted by molar-refractivity contribution is 5.96. The van der Waals surface area contributed by atoms with Gasteiger partial charge in [0.2, 0.25) is 0 Å². The summed E-state index contributed by atoms with van der Waals surface area (Å²) >= 11 is 0. The Morgan fingerprint density at radius 1 is 1.17 bits per heavy atom. The summed E-state index contributed by atoms with van der Waals surface area (Å²) in [5.41, 5.74) is 0.900. The lowest BCUT2D eigenvalue weighted by Crippen LogP contribution is -2.35. The fraction of sp³-hybridized carbons (Fsp3) is 0.227. The van der Waals surface area contributed by atoms with E-state index in [0.29, 0.717) is 5.69 Å². The molecule has 30 heavy (non-hydrogen) atoms. The van der Waals surface area contributed by atoms with Crippen LogP contribution in [0.5, 0.6) is 0 Å². The molecule has 5 nitrogen and oxygen atoms in total. The molecule has 0 saturated carbocycles. The zero-order valence-corrected chi connectivity index (χ0v) is 16.1. The van der Waals surface area contributed by atoms with Crippen molar-refractivity contribution in [3.63, 3.8) is 0 Å². The molecular formula is C22H19F3N2O3. The maximum atomic E-state index is 12.7. The van der Waals surface area contributed by atoms with Gasteiger partial charge in [0, 0.05) is 18.3 Å². The number of carbonyl (C=O) groups excluding carboxylic acids is 2. The van der Waals surface area contributed by atoms with Gasteiger partial charge >= 0.3 is 12.1 Å². The van der Waals surface area contributed by atoms with E-state index < -0.39 is 30.2 Å². The first-order valence-corrected chi connectivity index (χ1v) is 8.97. The summed E-state index contributed by atoms with van der Waals surface area (Å²) in [4.78, 5) is 25.7. The van der Waals surface area contributed by atoms with Crippen molar-refractivity contribution < 1.29 is 27.5 Å². The zero-order valence-electron chi connectivity index (χ0n) is 16.1. The monoisotopic (exact) mass is 416 g/mol. The number of alkyl halides is 3. The number of hydrogen-bond acceptors (Lipinski definition) is 4. The fourth-order valence-corrected chi connectivity index (χ4v) is 2.53. The number of benzene rings is 2. The number of carbonyl (C=O) groups is 2. The Morgan fingerprint density at radius 3 is 2.50 bits per heavy atom. The summed E-state index contributed by atoms with van der Waals surface area (Å²) in [6.07, 6.45) is -2.26. The number of halogens is 3. The van der Waals surface area contributed by atoms with Crippen LogP contribution in [0.4, 0.5) is 18.9 Å². The molecule has 1 amide bonds. The molecule has 0 aliphatic carbocycles. The Morgan fingerprint density at radius 2 is 1.87 bits per heavy atom. The van der Waals surface area contributed by atoms with Crippen LogP contribution in [0.3, 0.4) is 0 Å². The molecule has 156 valence electrons. The quantitative estimate of drug-likeness (QED) is 0.492. The Bertz CT molecular complexity index is 961. The van der Waals surface area contributed by atoms with E-state index in [1.165, 1.54) is 23.1 Å². The molecule has 0 aliphatic rings. The zero-order chi connectivity index (χ0) is 22.1. The standard InChI is InChI=1S/C22H19F3N2O3/c1-16-6-9-19(10-7-16)27(13-3-12-26)20(28)15-30-21(29)11-8-17-4-2-5-18(14-17)22(23,24)25/h2,4-11,14H,3,13,15H2,1H3/b11-8+. The highest BCUT2D eigenvalue weighted by Crippen LogP contribution is 2.29. The van der Waals surface area contributed by atoms with Crippen LogP contribution in [-0.4, -0.2) is 25.0 Å². The number of nitriles is 1. The molecule has 2 aromatic rings. The van der Waals surface area contributed by atoms with Crippen molar-refractivity contribution in [3.8, 4) is 6.07 Å². The number of anilines is 1. The Hall–Kier alpha value is -3.60. The van der Waals surface area contributed by atoms with Gasteiger partial charge in [-0.15, -0.1) is 0 Å². The fourth-order valence-electron chi connectivity index (χ4n) is 2.53. The first kappa shape index (κ1) is 22.7. The van der Waals surface area contributed by atoms with Gasteiger partial charge in [0.1, 0.15) is 0 Å². The molecule has 0 bridgehead atoms. The van der Waals surface area contributed by atoms with E-state index in [1.807, 2.05) is 25.1 Å². The van der Waals surface area contributed by atoms with Crippen molar-refractivity contribution >= 4 is 23.6 Å². The van der Waals surface area contributed by atoms with E-state index in [0.717, 1.165) is 23.8 Å². The molecule has 0 saturated heterocycles. The van der Waals surface area contributed by atoms with Gasteiger partial charge < -0.3 is 9.64 Å². The highest BCUT2D eigenvalue weighted by atomic mass is 19.4. The molecule has 2 rings (SSSR count). The second-order valence-electron chi connectivity index (χ2n) is 6.35. The lowest BCUT2D eigenvalue weighted by atomic mass is 10.1. The molecule has 0 N–H and O–H groups in total. The summed E-state index contributed by atoms with van der Waals surface area (Å²) in [5.74, 6) is -1.39. The third kappa shape index (κ3) is 6.78. The molecule has 0 unspecified atom stereocenters. The molecule has 0 aliphatic heterocycles. The van der Waals surface area contributed by atoms with E-state index in [2.05, 4.69) is 0 Å². The largest absolute Gasteiger partial charge is 0.452 e. The number of nitrogens with zero attached hydrogens (tertiary/aromatic N) is 2. The smallest absolute Gasteiger partial charge is 0.416 e. The summed E-state index contributed by atoms with van der Waals surface area (Å²) in [6, 6.07) is 13.5. The Kier molecular flexibility index (Phi) is 7.76. The summed E-state index contributed by atoms with van der Waals surface area (Å²) in [5, 5.41) is 8.80. The van der Waals surface area contributed by atoms with Crippen molar-refractivity contribution in [1.29, 1.82) is 5.26 Å². The number of rotatable bonds is 7. The van der Waals surface area contributed by atoms with E-state index in [1.54, 1.807) is 12.1 Å². The van der Waals surface area contributed by atoms with Crippen molar-refractivity contribution in [3.05, 3.63) is 71.3 Å². The van der Waals surface area contributed by atoms with Crippen LogP contribution in [0.15, 0.2) is 54.6 Å². The van der Waals surface area contributed by atoms with Gasteiger partial charge in [-0.25, -0.2) is 4.79 Å². The van der Waals surface area contributed by atoms with E-state index >= 15 is 0 Å². The summed E-state index contributed by atoms with van der Waals surface area (Å²) in [7, 11) is 0. The molecule has 0 atom stereocenters. The van der Waals surface area contributed by atoms with Crippen LogP contribution in [-0.2, 0) is 20.5 Å². The summed E-state index contributed by atoms with van der Waals surface area (Å²) in [6.45, 7) is 1.46. The van der Waals surface area contributed by atoms with Gasteiger partial charge in [0.25, 0.3) is 5.91 Å². The SMILES string of the molecule is Cc1ccc(N(CCC#N)C(=O)COC(=O)/C=C/c2cccc(C(F)(F)F)c2)cc1. The molecule has 2 aromatic carbocycles. The number of ether oxygens (including phenoxy) is 1. The predicted octanol–water partition coefficient (Wildman–Crippen LogP) is 4.52. The molecule has 0 fully saturated rings. The van der Waals surface area contributed by atoms with Crippen LogP contribution >= 0.6 is 0 Å². The van der Waals surface area contributed by atoms with E-state index in [-0.39, 0.29) is 18.5 Å². The van der Waals surface area contributed by atoms with Crippen LogP contribution in [0.25, 0.3) is 6.08 Å².